The van der Waals surface area contributed by atoms with Crippen molar-refractivity contribution in [3.8, 4) is 6.07 Å². The molecule has 1 aromatic rings. The molecule has 1 heterocycles. The Balaban J connectivity index is 3.25. The van der Waals surface area contributed by atoms with Gasteiger partial charge in [0.15, 0.2) is 5.82 Å². The largest absolute Gasteiger partial charge is 0.280 e. The van der Waals surface area contributed by atoms with Gasteiger partial charge >= 0.3 is 0 Å². The van der Waals surface area contributed by atoms with Crippen LogP contribution >= 0.6 is 0 Å². The number of nitriles is 1. The Bertz CT molecular complexity index is 384. The topological polar surface area (TPSA) is 36.7 Å². The lowest BCUT2D eigenvalue weighted by molar-refractivity contribution is 0.143. The summed E-state index contributed by atoms with van der Waals surface area (Å²) in [6, 6.07) is 2.13. The quantitative estimate of drug-likeness (QED) is 0.547. The second-order valence-corrected chi connectivity index (χ2v) is 2.44. The van der Waals surface area contributed by atoms with Crippen molar-refractivity contribution in [3.05, 3.63) is 29.1 Å². The van der Waals surface area contributed by atoms with Gasteiger partial charge in [0.1, 0.15) is 5.69 Å². The van der Waals surface area contributed by atoms with Gasteiger partial charge in [-0.1, -0.05) is 0 Å². The molecular formula is C8H4F4N2. The molecule has 0 amide bonds. The summed E-state index contributed by atoms with van der Waals surface area (Å²) >= 11 is 0. The maximum Gasteiger partial charge on any atom is 0.280 e. The van der Waals surface area contributed by atoms with E-state index in [1.165, 1.54) is 0 Å². The van der Waals surface area contributed by atoms with E-state index < -0.39 is 30.3 Å². The van der Waals surface area contributed by atoms with E-state index >= 15 is 0 Å². The smallest absolute Gasteiger partial charge is 0.216 e. The molecule has 0 aliphatic rings. The third kappa shape index (κ3) is 1.99. The zero-order valence-electron chi connectivity index (χ0n) is 6.77. The molecule has 6 heteroatoms. The van der Waals surface area contributed by atoms with E-state index in [1.54, 1.807) is 6.07 Å². The van der Waals surface area contributed by atoms with Crippen molar-refractivity contribution >= 4 is 0 Å². The van der Waals surface area contributed by atoms with Crippen LogP contribution in [0.4, 0.5) is 17.6 Å². The van der Waals surface area contributed by atoms with E-state index in [2.05, 4.69) is 4.98 Å². The SMILES string of the molecule is N#CCc1cc(F)c(F)nc1C(F)F. The van der Waals surface area contributed by atoms with Gasteiger partial charge in [0.25, 0.3) is 6.43 Å². The van der Waals surface area contributed by atoms with Crippen LogP contribution in [-0.2, 0) is 6.42 Å². The fraction of sp³-hybridized carbons (Fsp3) is 0.250. The minimum absolute atomic E-state index is 0.290. The van der Waals surface area contributed by atoms with Gasteiger partial charge in [-0.05, 0) is 11.6 Å². The fourth-order valence-electron chi connectivity index (χ4n) is 0.933. The Morgan fingerprint density at radius 1 is 1.43 bits per heavy atom. The molecule has 0 radical (unpaired) electrons. The molecule has 0 N–H and O–H groups in total. The summed E-state index contributed by atoms with van der Waals surface area (Å²) in [7, 11) is 0. The van der Waals surface area contributed by atoms with Crippen molar-refractivity contribution in [3.63, 3.8) is 0 Å². The summed E-state index contributed by atoms with van der Waals surface area (Å²) in [5.41, 5.74) is -1.17. The third-order valence-electron chi connectivity index (χ3n) is 1.52. The molecule has 74 valence electrons. The van der Waals surface area contributed by atoms with Crippen LogP contribution < -0.4 is 0 Å². The molecule has 1 rings (SSSR count). The molecule has 1 aromatic heterocycles. The molecular weight excluding hydrogens is 200 g/mol. The highest BCUT2D eigenvalue weighted by atomic mass is 19.3. The Kier molecular flexibility index (Phi) is 3.02. The van der Waals surface area contributed by atoms with Crippen molar-refractivity contribution in [1.29, 1.82) is 5.26 Å². The number of alkyl halides is 2. The van der Waals surface area contributed by atoms with Crippen LogP contribution in [-0.4, -0.2) is 4.98 Å². The third-order valence-corrected chi connectivity index (χ3v) is 1.52. The zero-order chi connectivity index (χ0) is 10.7. The Labute approximate surface area is 76.8 Å². The van der Waals surface area contributed by atoms with Gasteiger partial charge in [-0.2, -0.15) is 9.65 Å². The van der Waals surface area contributed by atoms with Crippen molar-refractivity contribution < 1.29 is 17.6 Å². The maximum absolute atomic E-state index is 12.6. The number of pyridine rings is 1. The van der Waals surface area contributed by atoms with Gasteiger partial charge in [0.05, 0.1) is 12.5 Å². The minimum Gasteiger partial charge on any atom is -0.216 e. The standard InChI is InChI=1S/C8H4F4N2/c9-5-3-4(1-2-13)6(7(10)11)14-8(5)12/h3,7H,1H2. The van der Waals surface area contributed by atoms with Crippen LogP contribution in [0.1, 0.15) is 17.7 Å². The number of nitrogens with zero attached hydrogens (tertiary/aromatic N) is 2. The van der Waals surface area contributed by atoms with Gasteiger partial charge in [-0.3, -0.25) is 0 Å². The lowest BCUT2D eigenvalue weighted by atomic mass is 10.1. The van der Waals surface area contributed by atoms with Crippen LogP contribution in [0.15, 0.2) is 6.07 Å². The highest BCUT2D eigenvalue weighted by molar-refractivity contribution is 5.25. The first kappa shape index (κ1) is 10.4. The number of aromatic nitrogens is 1. The first-order chi connectivity index (χ1) is 6.56. The maximum atomic E-state index is 12.6. The molecule has 0 aliphatic heterocycles. The minimum atomic E-state index is -3.02. The van der Waals surface area contributed by atoms with Crippen LogP contribution in [0.25, 0.3) is 0 Å². The molecule has 0 unspecified atom stereocenters. The van der Waals surface area contributed by atoms with Gasteiger partial charge in [0, 0.05) is 0 Å². The molecule has 0 fully saturated rings. The first-order valence-corrected chi connectivity index (χ1v) is 3.56. The Morgan fingerprint density at radius 3 is 2.57 bits per heavy atom. The van der Waals surface area contributed by atoms with Crippen molar-refractivity contribution in [1.82, 2.24) is 4.98 Å². The Morgan fingerprint density at radius 2 is 2.07 bits per heavy atom. The summed E-state index contributed by atoms with van der Waals surface area (Å²) in [5, 5.41) is 8.25. The molecule has 0 spiro atoms. The van der Waals surface area contributed by atoms with E-state index in [0.29, 0.717) is 6.07 Å². The second kappa shape index (κ2) is 4.05. The average molecular weight is 204 g/mol. The molecule has 14 heavy (non-hydrogen) atoms. The molecule has 0 aromatic carbocycles. The highest BCUT2D eigenvalue weighted by Gasteiger charge is 2.18. The summed E-state index contributed by atoms with van der Waals surface area (Å²) < 4.78 is 49.4. The number of halogens is 4. The molecule has 0 saturated heterocycles. The van der Waals surface area contributed by atoms with Gasteiger partial charge < -0.3 is 0 Å². The predicted molar refractivity (Wildman–Crippen MR) is 38.4 cm³/mol. The van der Waals surface area contributed by atoms with Crippen molar-refractivity contribution in [2.24, 2.45) is 0 Å². The number of rotatable bonds is 2. The number of hydrogen-bond donors (Lipinski definition) is 0. The molecule has 2 nitrogen and oxygen atoms in total. The fourth-order valence-corrected chi connectivity index (χ4v) is 0.933. The number of hydrogen-bond acceptors (Lipinski definition) is 2. The predicted octanol–water partition coefficient (Wildman–Crippen LogP) is 2.36. The van der Waals surface area contributed by atoms with E-state index in [0.717, 1.165) is 0 Å². The summed E-state index contributed by atoms with van der Waals surface area (Å²) in [4.78, 5) is 2.75. The van der Waals surface area contributed by atoms with Crippen LogP contribution in [0.3, 0.4) is 0 Å². The Hall–Kier alpha value is -1.64. The van der Waals surface area contributed by atoms with E-state index in [-0.39, 0.29) is 5.56 Å². The molecule has 0 aliphatic carbocycles. The zero-order valence-corrected chi connectivity index (χ0v) is 6.77. The van der Waals surface area contributed by atoms with Gasteiger partial charge in [-0.25, -0.2) is 18.2 Å². The van der Waals surface area contributed by atoms with Gasteiger partial charge in [0.2, 0.25) is 5.95 Å². The molecule has 0 atom stereocenters. The monoisotopic (exact) mass is 204 g/mol. The highest BCUT2D eigenvalue weighted by Crippen LogP contribution is 2.22. The van der Waals surface area contributed by atoms with Crippen molar-refractivity contribution in [2.75, 3.05) is 0 Å². The normalized spacial score (nSPS) is 10.3. The summed E-state index contributed by atoms with van der Waals surface area (Å²) in [5.74, 6) is -2.92. The first-order valence-electron chi connectivity index (χ1n) is 3.56. The van der Waals surface area contributed by atoms with Crippen LogP contribution in [0.2, 0.25) is 0 Å². The lowest BCUT2D eigenvalue weighted by Gasteiger charge is -2.04. The van der Waals surface area contributed by atoms with Crippen molar-refractivity contribution in [2.45, 2.75) is 12.8 Å². The lowest BCUT2D eigenvalue weighted by Crippen LogP contribution is -2.03. The molecule has 0 bridgehead atoms. The van der Waals surface area contributed by atoms with E-state index in [4.69, 9.17) is 5.26 Å². The van der Waals surface area contributed by atoms with Gasteiger partial charge in [-0.15, -0.1) is 0 Å². The van der Waals surface area contributed by atoms with E-state index in [1.807, 2.05) is 0 Å². The average Bonchev–Trinajstić information content (AvgIpc) is 2.11. The summed E-state index contributed by atoms with van der Waals surface area (Å²) in [6.07, 6.45) is -3.45. The second-order valence-electron chi connectivity index (χ2n) is 2.44. The molecule has 0 saturated carbocycles. The summed E-state index contributed by atoms with van der Waals surface area (Å²) in [6.45, 7) is 0. The van der Waals surface area contributed by atoms with Crippen LogP contribution in [0.5, 0.6) is 0 Å². The van der Waals surface area contributed by atoms with Crippen LogP contribution in [0, 0.1) is 23.1 Å². The van der Waals surface area contributed by atoms with E-state index in [9.17, 15) is 17.6 Å².